The van der Waals surface area contributed by atoms with Crippen molar-refractivity contribution < 1.29 is 14.6 Å². The lowest BCUT2D eigenvalue weighted by molar-refractivity contribution is 0.0512. The van der Waals surface area contributed by atoms with Crippen LogP contribution in [0.3, 0.4) is 0 Å². The Morgan fingerprint density at radius 1 is 1.33 bits per heavy atom. The maximum absolute atomic E-state index is 12.0. The second-order valence-corrected chi connectivity index (χ2v) is 7.96. The maximum Gasteiger partial charge on any atom is 0.407 e. The van der Waals surface area contributed by atoms with Gasteiger partial charge in [0.1, 0.15) is 5.60 Å². The Balaban J connectivity index is 2.87. The first-order valence-electron chi connectivity index (χ1n) is 8.47. The van der Waals surface area contributed by atoms with Crippen molar-refractivity contribution in [1.82, 2.24) is 5.32 Å². The number of ether oxygens (including phenoxy) is 1. The van der Waals surface area contributed by atoms with Crippen LogP contribution in [0.25, 0.3) is 0 Å². The number of hydrogen-bond acceptors (Lipinski definition) is 3. The molecule has 1 aromatic carbocycles. The topological polar surface area (TPSA) is 58.6 Å². The lowest BCUT2D eigenvalue weighted by Crippen LogP contribution is -2.41. The van der Waals surface area contributed by atoms with Gasteiger partial charge in [0.15, 0.2) is 0 Å². The van der Waals surface area contributed by atoms with Gasteiger partial charge in [-0.2, -0.15) is 0 Å². The molecular weight excluding hydrogens is 326 g/mol. The molecule has 0 bridgehead atoms. The summed E-state index contributed by atoms with van der Waals surface area (Å²) in [5, 5.41) is 13.4. The second-order valence-electron chi connectivity index (χ2n) is 7.53. The number of alkyl carbamates (subject to hydrolysis) is 1. The molecule has 24 heavy (non-hydrogen) atoms. The summed E-state index contributed by atoms with van der Waals surface area (Å²) in [5.41, 5.74) is 0.168. The third-order valence-electron chi connectivity index (χ3n) is 4.04. The fourth-order valence-electron chi connectivity index (χ4n) is 2.47. The van der Waals surface area contributed by atoms with Gasteiger partial charge in [-0.15, -0.1) is 0 Å². The molecule has 0 aliphatic heterocycles. The third kappa shape index (κ3) is 7.10. The Morgan fingerprint density at radius 2 is 2.00 bits per heavy atom. The number of nitrogens with one attached hydrogen (secondary N) is 1. The van der Waals surface area contributed by atoms with Gasteiger partial charge in [0, 0.05) is 17.0 Å². The van der Waals surface area contributed by atoms with E-state index in [0.29, 0.717) is 24.4 Å². The molecule has 1 aromatic rings. The van der Waals surface area contributed by atoms with Crippen molar-refractivity contribution in [3.05, 3.63) is 34.9 Å². The lowest BCUT2D eigenvalue weighted by Gasteiger charge is -2.32. The molecular formula is C19H30ClNO3. The molecule has 1 rings (SSSR count). The van der Waals surface area contributed by atoms with Crippen LogP contribution in [0.1, 0.15) is 59.4 Å². The number of hydrogen-bond donors (Lipinski definition) is 2. The first kappa shape index (κ1) is 20.8. The highest BCUT2D eigenvalue weighted by Gasteiger charge is 2.29. The van der Waals surface area contributed by atoms with E-state index in [-0.39, 0.29) is 11.5 Å². The third-order valence-corrected chi connectivity index (χ3v) is 4.28. The summed E-state index contributed by atoms with van der Waals surface area (Å²) in [7, 11) is 0. The molecule has 0 aliphatic carbocycles. The van der Waals surface area contributed by atoms with E-state index in [0.717, 1.165) is 12.0 Å². The number of benzene rings is 1. The molecule has 0 aliphatic rings. The highest BCUT2D eigenvalue weighted by molar-refractivity contribution is 6.30. The van der Waals surface area contributed by atoms with Crippen molar-refractivity contribution in [1.29, 1.82) is 0 Å². The van der Waals surface area contributed by atoms with Crippen LogP contribution in [-0.2, 0) is 10.2 Å². The van der Waals surface area contributed by atoms with Crippen LogP contribution in [0.5, 0.6) is 0 Å². The van der Waals surface area contributed by atoms with Crippen molar-refractivity contribution in [2.24, 2.45) is 0 Å². The van der Waals surface area contributed by atoms with Gasteiger partial charge in [-0.3, -0.25) is 0 Å². The summed E-state index contributed by atoms with van der Waals surface area (Å²) in [5.74, 6) is 0. The molecule has 0 unspecified atom stereocenters. The molecule has 0 saturated carbocycles. The van der Waals surface area contributed by atoms with Gasteiger partial charge in [0.2, 0.25) is 0 Å². The van der Waals surface area contributed by atoms with Gasteiger partial charge >= 0.3 is 6.09 Å². The predicted octanol–water partition coefficient (Wildman–Crippen LogP) is 4.67. The number of amides is 1. The standard InChI is InChI=1S/C19H30ClNO3/c1-6-16(22)10-11-19(5,14-8-7-9-15(20)12-14)13-21-17(23)24-18(2,3)4/h7-9,12,16,22H,6,10-11,13H2,1-5H3,(H,21,23)/t16-,19-/m0/s1. The van der Waals surface area contributed by atoms with Gasteiger partial charge in [0.25, 0.3) is 0 Å². The minimum Gasteiger partial charge on any atom is -0.444 e. The smallest absolute Gasteiger partial charge is 0.407 e. The SMILES string of the molecule is CC[C@H](O)CC[C@@](C)(CNC(=O)OC(C)(C)C)c1cccc(Cl)c1. The average molecular weight is 356 g/mol. The summed E-state index contributed by atoms with van der Waals surface area (Å²) < 4.78 is 5.31. The normalized spacial score (nSPS) is 15.5. The second kappa shape index (κ2) is 8.72. The Bertz CT molecular complexity index is 542. The zero-order valence-corrected chi connectivity index (χ0v) is 16.1. The van der Waals surface area contributed by atoms with E-state index >= 15 is 0 Å². The van der Waals surface area contributed by atoms with Crippen LogP contribution >= 0.6 is 11.6 Å². The molecule has 4 nitrogen and oxygen atoms in total. The minimum absolute atomic E-state index is 0.335. The molecule has 2 N–H and O–H groups in total. The van der Waals surface area contributed by atoms with Gasteiger partial charge in [0.05, 0.1) is 6.10 Å². The van der Waals surface area contributed by atoms with Crippen LogP contribution in [0, 0.1) is 0 Å². The van der Waals surface area contributed by atoms with Crippen molar-refractivity contribution >= 4 is 17.7 Å². The van der Waals surface area contributed by atoms with Crippen LogP contribution in [0.4, 0.5) is 4.79 Å². The number of halogens is 1. The predicted molar refractivity (Wildman–Crippen MR) is 98.6 cm³/mol. The van der Waals surface area contributed by atoms with E-state index in [4.69, 9.17) is 16.3 Å². The summed E-state index contributed by atoms with van der Waals surface area (Å²) in [6.45, 7) is 9.94. The summed E-state index contributed by atoms with van der Waals surface area (Å²) in [4.78, 5) is 12.0. The van der Waals surface area contributed by atoms with Gasteiger partial charge in [-0.05, 0) is 57.7 Å². The monoisotopic (exact) mass is 355 g/mol. The zero-order chi connectivity index (χ0) is 18.4. The van der Waals surface area contributed by atoms with Crippen LogP contribution in [0.15, 0.2) is 24.3 Å². The van der Waals surface area contributed by atoms with Crippen molar-refractivity contribution in [3.63, 3.8) is 0 Å². The van der Waals surface area contributed by atoms with Gasteiger partial charge in [-0.25, -0.2) is 4.79 Å². The summed E-state index contributed by atoms with van der Waals surface area (Å²) >= 11 is 6.13. The number of carbonyl (C=O) groups is 1. The molecule has 2 atom stereocenters. The van der Waals surface area contributed by atoms with E-state index in [1.54, 1.807) is 0 Å². The van der Waals surface area contributed by atoms with Crippen LogP contribution in [0.2, 0.25) is 5.02 Å². The quantitative estimate of drug-likeness (QED) is 0.747. The maximum atomic E-state index is 12.0. The Kier molecular flexibility index (Phi) is 7.56. The lowest BCUT2D eigenvalue weighted by atomic mass is 9.77. The molecule has 0 aromatic heterocycles. The Morgan fingerprint density at radius 3 is 2.54 bits per heavy atom. The van der Waals surface area contributed by atoms with Crippen LogP contribution in [-0.4, -0.2) is 29.4 Å². The molecule has 5 heteroatoms. The van der Waals surface area contributed by atoms with Crippen molar-refractivity contribution in [3.8, 4) is 0 Å². The Hall–Kier alpha value is -1.26. The molecule has 0 radical (unpaired) electrons. The van der Waals surface area contributed by atoms with Crippen molar-refractivity contribution in [2.45, 2.75) is 71.0 Å². The average Bonchev–Trinajstić information content (AvgIpc) is 2.49. The minimum atomic E-state index is -0.533. The fraction of sp³-hybridized carbons (Fsp3) is 0.632. The number of rotatable bonds is 7. The molecule has 0 spiro atoms. The van der Waals surface area contributed by atoms with Gasteiger partial charge in [-0.1, -0.05) is 37.6 Å². The van der Waals surface area contributed by atoms with E-state index in [2.05, 4.69) is 12.2 Å². The fourth-order valence-corrected chi connectivity index (χ4v) is 2.66. The molecule has 0 heterocycles. The first-order chi connectivity index (χ1) is 11.1. The molecule has 0 fully saturated rings. The first-order valence-corrected chi connectivity index (χ1v) is 8.84. The zero-order valence-electron chi connectivity index (χ0n) is 15.4. The Labute approximate surface area is 150 Å². The van der Waals surface area contributed by atoms with Crippen molar-refractivity contribution in [2.75, 3.05) is 6.54 Å². The summed E-state index contributed by atoms with van der Waals surface area (Å²) in [6, 6.07) is 7.64. The summed E-state index contributed by atoms with van der Waals surface area (Å²) in [6.07, 6.45) is 1.33. The van der Waals surface area contributed by atoms with E-state index in [1.165, 1.54) is 0 Å². The molecule has 1 amide bonds. The highest BCUT2D eigenvalue weighted by atomic mass is 35.5. The molecule has 136 valence electrons. The van der Waals surface area contributed by atoms with Gasteiger partial charge < -0.3 is 15.2 Å². The van der Waals surface area contributed by atoms with E-state index in [9.17, 15) is 9.90 Å². The van der Waals surface area contributed by atoms with E-state index in [1.807, 2.05) is 52.0 Å². The number of carbonyl (C=O) groups excluding carboxylic acids is 1. The van der Waals surface area contributed by atoms with Crippen LogP contribution < -0.4 is 5.32 Å². The molecule has 0 saturated heterocycles. The van der Waals surface area contributed by atoms with E-state index < -0.39 is 11.7 Å². The number of aliphatic hydroxyl groups excluding tert-OH is 1. The number of aliphatic hydroxyl groups is 1. The highest BCUT2D eigenvalue weighted by Crippen LogP contribution is 2.31. The largest absolute Gasteiger partial charge is 0.444 e.